The predicted octanol–water partition coefficient (Wildman–Crippen LogP) is 12.8. The Bertz CT molecular complexity index is 3730. The van der Waals surface area contributed by atoms with Gasteiger partial charge in [0, 0.05) is 55.2 Å². The number of nitrogens with zero attached hydrogens (tertiary/aromatic N) is 8. The Morgan fingerprint density at radius 3 is 1.39 bits per heavy atom. The Kier molecular flexibility index (Phi) is 8.85. The molecular formula is C56H30N8. The number of nitriles is 4. The SMILES string of the molecule is N#Cc1ccccc1-c1cc(-c2cc(C#N)c(-c3ccc(-n4c5ccccc5c5cc(-n6c7ccccc7c7ccccc76)ccc54)cc3)c(C#N)c2)nc(-c2ccccc2C#N)n1. The largest absolute Gasteiger partial charge is 0.309 e. The number of hydrogen-bond acceptors (Lipinski definition) is 6. The molecule has 8 aromatic carbocycles. The van der Waals surface area contributed by atoms with Crippen molar-refractivity contribution in [2.75, 3.05) is 0 Å². The standard InChI is InChI=1S/C56H30N8/c57-31-36-11-1-3-13-43(36)50-30-49(61-56(62-50)44-14-4-2-12-37(44)32-58)38-27-39(33-59)55(40(28-38)34-60)35-21-23-41(24-22-35)63-53-20-10-7-17-47(53)48-29-42(25-26-54(48)63)64-51-18-8-5-15-45(51)46-16-6-9-19-52(46)64/h1-30H. The van der Waals surface area contributed by atoms with Gasteiger partial charge in [-0.15, -0.1) is 0 Å². The summed E-state index contributed by atoms with van der Waals surface area (Å²) in [5.41, 5.74) is 11.6. The summed E-state index contributed by atoms with van der Waals surface area (Å²) < 4.78 is 4.59. The van der Waals surface area contributed by atoms with Gasteiger partial charge in [0.1, 0.15) is 0 Å². The van der Waals surface area contributed by atoms with Gasteiger partial charge >= 0.3 is 0 Å². The molecule has 0 N–H and O–H groups in total. The Balaban J connectivity index is 1.02. The van der Waals surface area contributed by atoms with Crippen LogP contribution in [0.25, 0.3) is 100 Å². The summed E-state index contributed by atoms with van der Waals surface area (Å²) in [7, 11) is 0. The molecule has 64 heavy (non-hydrogen) atoms. The quantitative estimate of drug-likeness (QED) is 0.164. The number of para-hydroxylation sites is 3. The lowest BCUT2D eigenvalue weighted by atomic mass is 9.91. The summed E-state index contributed by atoms with van der Waals surface area (Å²) in [6, 6.07) is 68.6. The van der Waals surface area contributed by atoms with Gasteiger partial charge in [-0.2, -0.15) is 21.0 Å². The Morgan fingerprint density at radius 1 is 0.344 bits per heavy atom. The van der Waals surface area contributed by atoms with Crippen molar-refractivity contribution in [1.82, 2.24) is 19.1 Å². The maximum atomic E-state index is 10.7. The number of aromatic nitrogens is 4. The van der Waals surface area contributed by atoms with Crippen LogP contribution in [0.4, 0.5) is 0 Å². The van der Waals surface area contributed by atoms with Crippen LogP contribution in [0.2, 0.25) is 0 Å². The van der Waals surface area contributed by atoms with Crippen LogP contribution < -0.4 is 0 Å². The average molecular weight is 815 g/mol. The molecule has 0 unspecified atom stereocenters. The molecule has 0 bridgehead atoms. The lowest BCUT2D eigenvalue weighted by molar-refractivity contribution is 1.16. The second kappa shape index (κ2) is 15.1. The zero-order valence-electron chi connectivity index (χ0n) is 33.9. The van der Waals surface area contributed by atoms with Gasteiger partial charge in [-0.05, 0) is 90.5 Å². The first kappa shape index (κ1) is 37.4. The van der Waals surface area contributed by atoms with Gasteiger partial charge in [-0.25, -0.2) is 9.97 Å². The zero-order chi connectivity index (χ0) is 43.3. The second-order valence-electron chi connectivity index (χ2n) is 15.4. The molecule has 3 aromatic heterocycles. The minimum Gasteiger partial charge on any atom is -0.309 e. The zero-order valence-corrected chi connectivity index (χ0v) is 33.9. The monoisotopic (exact) mass is 814 g/mol. The highest BCUT2D eigenvalue weighted by Gasteiger charge is 2.21. The normalized spacial score (nSPS) is 11.1. The fourth-order valence-corrected chi connectivity index (χ4v) is 9.07. The van der Waals surface area contributed by atoms with E-state index < -0.39 is 0 Å². The third kappa shape index (κ3) is 5.96. The minimum absolute atomic E-state index is 0.280. The van der Waals surface area contributed by atoms with Crippen LogP contribution in [0.1, 0.15) is 22.3 Å². The van der Waals surface area contributed by atoms with Gasteiger partial charge in [0.2, 0.25) is 0 Å². The van der Waals surface area contributed by atoms with Crippen molar-refractivity contribution in [2.24, 2.45) is 0 Å². The van der Waals surface area contributed by atoms with E-state index >= 15 is 0 Å². The van der Waals surface area contributed by atoms with Gasteiger partial charge in [-0.1, -0.05) is 97.1 Å². The number of hydrogen-bond donors (Lipinski definition) is 0. The number of benzene rings is 8. The maximum absolute atomic E-state index is 10.7. The summed E-state index contributed by atoms with van der Waals surface area (Å²) >= 11 is 0. The van der Waals surface area contributed by atoms with E-state index in [-0.39, 0.29) is 5.82 Å². The molecule has 0 saturated carbocycles. The molecule has 294 valence electrons. The fourth-order valence-electron chi connectivity index (χ4n) is 9.07. The lowest BCUT2D eigenvalue weighted by Crippen LogP contribution is -2.00. The van der Waals surface area contributed by atoms with E-state index in [0.29, 0.717) is 61.5 Å². The van der Waals surface area contributed by atoms with Crippen molar-refractivity contribution in [3.05, 3.63) is 204 Å². The average Bonchev–Trinajstić information content (AvgIpc) is 3.88. The smallest absolute Gasteiger partial charge is 0.161 e. The van der Waals surface area contributed by atoms with E-state index in [9.17, 15) is 21.0 Å². The highest BCUT2D eigenvalue weighted by Crippen LogP contribution is 2.39. The van der Waals surface area contributed by atoms with E-state index in [1.54, 1.807) is 48.5 Å². The van der Waals surface area contributed by atoms with Crippen LogP contribution in [0.5, 0.6) is 0 Å². The molecule has 0 aliphatic carbocycles. The van der Waals surface area contributed by atoms with Crippen LogP contribution in [-0.4, -0.2) is 19.1 Å². The first-order chi connectivity index (χ1) is 31.6. The summed E-state index contributed by atoms with van der Waals surface area (Å²) in [4.78, 5) is 9.71. The van der Waals surface area contributed by atoms with Crippen molar-refractivity contribution < 1.29 is 0 Å². The first-order valence-electron chi connectivity index (χ1n) is 20.6. The van der Waals surface area contributed by atoms with Crippen LogP contribution in [0.15, 0.2) is 182 Å². The summed E-state index contributed by atoms with van der Waals surface area (Å²) in [6.45, 7) is 0. The second-order valence-corrected chi connectivity index (χ2v) is 15.4. The highest BCUT2D eigenvalue weighted by molar-refractivity contribution is 6.12. The van der Waals surface area contributed by atoms with Crippen LogP contribution in [0, 0.1) is 45.3 Å². The molecule has 8 nitrogen and oxygen atoms in total. The molecule has 11 aromatic rings. The molecule has 0 aliphatic rings. The van der Waals surface area contributed by atoms with Gasteiger partial charge in [0.25, 0.3) is 0 Å². The Labute approximate surface area is 367 Å². The van der Waals surface area contributed by atoms with Crippen molar-refractivity contribution in [1.29, 1.82) is 21.0 Å². The highest BCUT2D eigenvalue weighted by atomic mass is 15.0. The van der Waals surface area contributed by atoms with Crippen LogP contribution in [-0.2, 0) is 0 Å². The molecule has 0 aliphatic heterocycles. The van der Waals surface area contributed by atoms with Crippen molar-refractivity contribution in [3.8, 4) is 80.7 Å². The van der Waals surface area contributed by atoms with Crippen LogP contribution >= 0.6 is 0 Å². The summed E-state index contributed by atoms with van der Waals surface area (Å²) in [5, 5.41) is 45.9. The van der Waals surface area contributed by atoms with E-state index in [2.05, 4.69) is 118 Å². The third-order valence-electron chi connectivity index (χ3n) is 11.9. The Morgan fingerprint density at radius 2 is 0.797 bits per heavy atom. The van der Waals surface area contributed by atoms with E-state index in [0.717, 1.165) is 44.2 Å². The first-order valence-corrected chi connectivity index (χ1v) is 20.6. The summed E-state index contributed by atoms with van der Waals surface area (Å²) in [6.07, 6.45) is 0. The molecule has 0 saturated heterocycles. The predicted molar refractivity (Wildman–Crippen MR) is 251 cm³/mol. The van der Waals surface area contributed by atoms with Gasteiger partial charge in [0.05, 0.1) is 80.0 Å². The van der Waals surface area contributed by atoms with Crippen molar-refractivity contribution in [2.45, 2.75) is 0 Å². The Hall–Kier alpha value is -9.60. The van der Waals surface area contributed by atoms with E-state index in [4.69, 9.17) is 9.97 Å². The molecule has 8 heteroatoms. The molecule has 0 spiro atoms. The van der Waals surface area contributed by atoms with Crippen LogP contribution in [0.3, 0.4) is 0 Å². The topological polar surface area (TPSA) is 131 Å². The number of fused-ring (bicyclic) bond motifs is 6. The lowest BCUT2D eigenvalue weighted by Gasteiger charge is -2.14. The fraction of sp³-hybridized carbons (Fsp3) is 0. The molecule has 3 heterocycles. The molecule has 11 rings (SSSR count). The van der Waals surface area contributed by atoms with Crippen molar-refractivity contribution >= 4 is 43.6 Å². The molecule has 0 atom stereocenters. The molecular weight excluding hydrogens is 785 g/mol. The van der Waals surface area contributed by atoms with Crippen molar-refractivity contribution in [3.63, 3.8) is 0 Å². The summed E-state index contributed by atoms with van der Waals surface area (Å²) in [5.74, 6) is 0.280. The molecule has 0 radical (unpaired) electrons. The molecule has 0 amide bonds. The van der Waals surface area contributed by atoms with Gasteiger partial charge in [0.15, 0.2) is 5.82 Å². The van der Waals surface area contributed by atoms with Gasteiger partial charge < -0.3 is 9.13 Å². The van der Waals surface area contributed by atoms with E-state index in [1.165, 1.54) is 10.8 Å². The maximum Gasteiger partial charge on any atom is 0.161 e. The minimum atomic E-state index is 0.280. The molecule has 0 fully saturated rings. The number of rotatable bonds is 6. The third-order valence-corrected chi connectivity index (χ3v) is 11.9. The van der Waals surface area contributed by atoms with Gasteiger partial charge in [-0.3, -0.25) is 0 Å². The van der Waals surface area contributed by atoms with E-state index in [1.807, 2.05) is 48.5 Å².